The molecule has 1 aliphatic carbocycles. The zero-order valence-corrected chi connectivity index (χ0v) is 39.6. The first-order chi connectivity index (χ1) is 32.6. The van der Waals surface area contributed by atoms with Gasteiger partial charge in [0.1, 0.15) is 30.2 Å². The van der Waals surface area contributed by atoms with Crippen LogP contribution in [0.1, 0.15) is 91.7 Å². The summed E-state index contributed by atoms with van der Waals surface area (Å²) in [7, 11) is 0. The number of hydrogen-bond donors (Lipinski definition) is 3. The third kappa shape index (κ3) is 10.2. The molecule has 3 fully saturated rings. The molecular weight excluding hydrogens is 884 g/mol. The minimum Gasteiger partial charge on any atom is -0.489 e. The summed E-state index contributed by atoms with van der Waals surface area (Å²) >= 11 is 6.23. The molecule has 0 bridgehead atoms. The summed E-state index contributed by atoms with van der Waals surface area (Å²) in [5.41, 5.74) is 11.7. The standard InChI is InChI=1S/C51H55ClN10O6/c1-30(63)62-17-13-41(60-35-14-18-66-19-15-35)39(28-62)45(54)37-8-6-7-31-21-43(57-27-38(31)37)33-10-12-42(56-24-33)47(65)55-16-20-67-29-44-58-25-34(26-59-44)46(64)61-48-50(2,3)49(51(48,4)5)68-36-11-9-32(23-53)40(52)22-36/h6-12,21-22,24-27,35,48-49H,13-20,28-29,54H2,1-5H3,(H,55,65)(H,61,64)/b45-39-,60-41?. The Morgan fingerprint density at radius 3 is 2.43 bits per heavy atom. The highest BCUT2D eigenvalue weighted by Crippen LogP contribution is 2.55. The van der Waals surface area contributed by atoms with Gasteiger partial charge >= 0.3 is 0 Å². The summed E-state index contributed by atoms with van der Waals surface area (Å²) in [6.07, 6.45) is 8.47. The van der Waals surface area contributed by atoms with Crippen molar-refractivity contribution in [1.82, 2.24) is 35.5 Å². The number of nitriles is 1. The van der Waals surface area contributed by atoms with Crippen LogP contribution >= 0.6 is 11.6 Å². The number of ether oxygens (including phenoxy) is 3. The van der Waals surface area contributed by atoms with E-state index in [1.807, 2.05) is 56.9 Å². The number of hydrogen-bond acceptors (Lipinski definition) is 13. The number of nitrogens with zero attached hydrogens (tertiary/aromatic N) is 7. The minimum absolute atomic E-state index is 0.00131. The molecule has 1 saturated carbocycles. The van der Waals surface area contributed by atoms with Gasteiger partial charge in [0.2, 0.25) is 5.91 Å². The third-order valence-electron chi connectivity index (χ3n) is 13.1. The van der Waals surface area contributed by atoms with Crippen molar-refractivity contribution in [2.45, 2.75) is 78.7 Å². The van der Waals surface area contributed by atoms with E-state index in [0.717, 1.165) is 46.0 Å². The van der Waals surface area contributed by atoms with Crippen LogP contribution in [0, 0.1) is 22.2 Å². The van der Waals surface area contributed by atoms with Gasteiger partial charge in [-0.25, -0.2) is 9.97 Å². The molecule has 0 unspecified atom stereocenters. The number of carbonyl (C=O) groups excluding carboxylic acids is 3. The van der Waals surface area contributed by atoms with Crippen molar-refractivity contribution in [1.29, 1.82) is 5.26 Å². The van der Waals surface area contributed by atoms with Crippen LogP contribution in [0.5, 0.6) is 5.75 Å². The number of aliphatic imine (C=N–C) groups is 1. The van der Waals surface area contributed by atoms with Crippen LogP contribution in [-0.4, -0.2) is 106 Å². The second kappa shape index (κ2) is 20.2. The van der Waals surface area contributed by atoms with Crippen molar-refractivity contribution in [2.24, 2.45) is 21.6 Å². The van der Waals surface area contributed by atoms with Gasteiger partial charge in [0.15, 0.2) is 5.82 Å². The molecule has 68 heavy (non-hydrogen) atoms. The molecule has 5 aromatic rings. The lowest BCUT2D eigenvalue weighted by molar-refractivity contribution is -0.164. The Bertz CT molecular complexity index is 2800. The zero-order chi connectivity index (χ0) is 48.2. The lowest BCUT2D eigenvalue weighted by Gasteiger charge is -2.63. The molecule has 4 N–H and O–H groups in total. The second-order valence-electron chi connectivity index (χ2n) is 18.5. The molecule has 0 spiro atoms. The molecule has 2 saturated heterocycles. The molecule has 16 nitrogen and oxygen atoms in total. The van der Waals surface area contributed by atoms with Gasteiger partial charge in [0.05, 0.1) is 34.5 Å². The summed E-state index contributed by atoms with van der Waals surface area (Å²) in [6, 6.07) is 18.3. The monoisotopic (exact) mass is 938 g/mol. The van der Waals surface area contributed by atoms with Gasteiger partial charge in [0.25, 0.3) is 11.8 Å². The molecule has 2 aliphatic heterocycles. The maximum Gasteiger partial charge on any atom is 0.269 e. The van der Waals surface area contributed by atoms with Crippen molar-refractivity contribution in [2.75, 3.05) is 39.5 Å². The average Bonchev–Trinajstić information content (AvgIpc) is 3.34. The number of fused-ring (bicyclic) bond motifs is 1. The van der Waals surface area contributed by atoms with Crippen molar-refractivity contribution in [3.05, 3.63) is 118 Å². The Hall–Kier alpha value is -6.80. The van der Waals surface area contributed by atoms with Crippen LogP contribution in [-0.2, 0) is 20.9 Å². The predicted molar refractivity (Wildman–Crippen MR) is 258 cm³/mol. The molecule has 5 heterocycles. The van der Waals surface area contributed by atoms with E-state index >= 15 is 0 Å². The maximum atomic E-state index is 13.3. The Balaban J connectivity index is 0.817. The minimum atomic E-state index is -0.426. The highest BCUT2D eigenvalue weighted by Gasteiger charge is 2.64. The van der Waals surface area contributed by atoms with Gasteiger partial charge in [-0.2, -0.15) is 5.26 Å². The quantitative estimate of drug-likeness (QED) is 0.105. The van der Waals surface area contributed by atoms with Crippen molar-refractivity contribution in [3.8, 4) is 23.1 Å². The van der Waals surface area contributed by atoms with E-state index in [1.54, 1.807) is 49.6 Å². The Morgan fingerprint density at radius 2 is 1.74 bits per heavy atom. The van der Waals surface area contributed by atoms with Gasteiger partial charge in [-0.3, -0.25) is 29.3 Å². The van der Waals surface area contributed by atoms with E-state index in [-0.39, 0.29) is 61.4 Å². The van der Waals surface area contributed by atoms with Gasteiger partial charge in [-0.05, 0) is 48.6 Å². The predicted octanol–water partition coefficient (Wildman–Crippen LogP) is 6.71. The number of benzene rings is 2. The highest BCUT2D eigenvalue weighted by atomic mass is 35.5. The lowest BCUT2D eigenvalue weighted by atomic mass is 9.49. The summed E-state index contributed by atoms with van der Waals surface area (Å²) in [5, 5.41) is 17.3. The molecular formula is C51H55ClN10O6. The van der Waals surface area contributed by atoms with Crippen molar-refractivity contribution in [3.63, 3.8) is 0 Å². The van der Waals surface area contributed by atoms with Gasteiger partial charge in [-0.1, -0.05) is 57.5 Å². The Kier molecular flexibility index (Phi) is 14.2. The van der Waals surface area contributed by atoms with Crippen molar-refractivity contribution < 1.29 is 28.6 Å². The van der Waals surface area contributed by atoms with Gasteiger partial charge < -0.3 is 35.5 Å². The first-order valence-corrected chi connectivity index (χ1v) is 23.1. The largest absolute Gasteiger partial charge is 0.489 e. The van der Waals surface area contributed by atoms with E-state index in [4.69, 9.17) is 41.5 Å². The van der Waals surface area contributed by atoms with E-state index in [9.17, 15) is 19.6 Å². The molecule has 2 aromatic carbocycles. The normalized spacial score (nSPS) is 20.2. The topological polar surface area (TPSA) is 220 Å². The number of halogens is 1. The van der Waals surface area contributed by atoms with Gasteiger partial charge in [-0.15, -0.1) is 0 Å². The smallest absolute Gasteiger partial charge is 0.269 e. The highest BCUT2D eigenvalue weighted by molar-refractivity contribution is 6.31. The number of aromatic nitrogens is 4. The van der Waals surface area contributed by atoms with Crippen LogP contribution in [0.2, 0.25) is 5.02 Å². The number of rotatable bonds is 13. The summed E-state index contributed by atoms with van der Waals surface area (Å²) in [4.78, 5) is 63.4. The van der Waals surface area contributed by atoms with Crippen LogP contribution in [0.3, 0.4) is 0 Å². The van der Waals surface area contributed by atoms with E-state index < -0.39 is 10.8 Å². The summed E-state index contributed by atoms with van der Waals surface area (Å²) in [6.45, 7) is 12.6. The molecule has 0 radical (unpaired) electrons. The average molecular weight is 940 g/mol. The molecule has 0 atom stereocenters. The number of nitrogens with one attached hydrogen (secondary N) is 2. The Morgan fingerprint density at radius 1 is 0.971 bits per heavy atom. The second-order valence-corrected chi connectivity index (χ2v) is 18.9. The van der Waals surface area contributed by atoms with E-state index in [2.05, 4.69) is 31.7 Å². The fraction of sp³-hybridized carbons (Fsp3) is 0.392. The molecule has 17 heteroatoms. The van der Waals surface area contributed by atoms with Crippen molar-refractivity contribution >= 4 is 51.5 Å². The number of nitrogens with two attached hydrogens (primary N) is 1. The number of pyridine rings is 2. The van der Waals surface area contributed by atoms with E-state index in [0.29, 0.717) is 71.8 Å². The van der Waals surface area contributed by atoms with Crippen LogP contribution in [0.25, 0.3) is 27.7 Å². The first-order valence-electron chi connectivity index (χ1n) is 22.7. The SMILES string of the molecule is CC(=O)N1CCC(=NC2CCOCC2)/C(=C(\N)c2cccc3cc(-c4ccc(C(=O)NCCOCc5ncc(C(=O)NC6C(C)(C)C(Oc7ccc(C#N)c(Cl)c7)C6(C)C)cn5)nc4)ncc23)C1. The fourth-order valence-electron chi connectivity index (χ4n) is 9.69. The first kappa shape index (κ1) is 47.7. The molecule has 352 valence electrons. The molecule has 3 amide bonds. The van der Waals surface area contributed by atoms with Crippen LogP contribution < -0.4 is 21.1 Å². The van der Waals surface area contributed by atoms with E-state index in [1.165, 1.54) is 12.4 Å². The summed E-state index contributed by atoms with van der Waals surface area (Å²) in [5.74, 6) is 0.284. The molecule has 3 aliphatic rings. The number of likely N-dealkylation sites (tertiary alicyclic amines) is 1. The molecule has 3 aromatic heterocycles. The number of amides is 3. The van der Waals surface area contributed by atoms with Gasteiger partial charge in [0, 0.05) is 127 Å². The lowest BCUT2D eigenvalue weighted by Crippen LogP contribution is -2.74. The van der Waals surface area contributed by atoms with Crippen LogP contribution in [0.4, 0.5) is 0 Å². The number of piperidine rings is 1. The summed E-state index contributed by atoms with van der Waals surface area (Å²) < 4.78 is 17.6. The zero-order valence-electron chi connectivity index (χ0n) is 38.8. The van der Waals surface area contributed by atoms with Crippen LogP contribution in [0.15, 0.2) is 90.0 Å². The maximum absolute atomic E-state index is 13.3. The Labute approximate surface area is 400 Å². The number of carbonyl (C=O) groups is 3. The molecule has 8 rings (SSSR count). The fourth-order valence-corrected chi connectivity index (χ4v) is 9.91. The third-order valence-corrected chi connectivity index (χ3v) is 13.4.